The molecule has 1 aromatic heterocycles. The minimum absolute atomic E-state index is 0.299. The first-order chi connectivity index (χ1) is 8.29. The second-order valence-electron chi connectivity index (χ2n) is 4.70. The van der Waals surface area contributed by atoms with Crippen molar-refractivity contribution in [3.05, 3.63) is 24.1 Å². The number of nitrogens with one attached hydrogen (secondary N) is 1. The Bertz CT molecular complexity index is 342. The van der Waals surface area contributed by atoms with E-state index in [1.54, 1.807) is 6.07 Å². The van der Waals surface area contributed by atoms with Crippen LogP contribution in [0.25, 0.3) is 0 Å². The molecule has 0 aromatic carbocycles. The monoisotopic (exact) mass is 256 g/mol. The van der Waals surface area contributed by atoms with Crippen molar-refractivity contribution >= 4 is 17.4 Å². The van der Waals surface area contributed by atoms with E-state index in [-0.39, 0.29) is 5.82 Å². The van der Waals surface area contributed by atoms with E-state index >= 15 is 0 Å². The van der Waals surface area contributed by atoms with Gasteiger partial charge in [-0.25, -0.2) is 9.37 Å². The maximum absolute atomic E-state index is 12.7. The lowest BCUT2D eigenvalue weighted by atomic mass is 9.80. The Morgan fingerprint density at radius 2 is 2.06 bits per heavy atom. The van der Waals surface area contributed by atoms with Gasteiger partial charge in [0.15, 0.2) is 0 Å². The molecule has 94 valence electrons. The van der Waals surface area contributed by atoms with Crippen LogP contribution < -0.4 is 5.32 Å². The van der Waals surface area contributed by atoms with Gasteiger partial charge in [0.1, 0.15) is 11.6 Å². The van der Waals surface area contributed by atoms with Crippen LogP contribution in [0.3, 0.4) is 0 Å². The van der Waals surface area contributed by atoms with Crippen molar-refractivity contribution in [2.24, 2.45) is 11.8 Å². The van der Waals surface area contributed by atoms with Gasteiger partial charge in [0.25, 0.3) is 0 Å². The van der Waals surface area contributed by atoms with Gasteiger partial charge in [-0.3, -0.25) is 0 Å². The highest BCUT2D eigenvalue weighted by Gasteiger charge is 2.23. The number of halogens is 2. The molecule has 0 aliphatic heterocycles. The van der Waals surface area contributed by atoms with Gasteiger partial charge in [-0.2, -0.15) is 0 Å². The van der Waals surface area contributed by atoms with E-state index in [4.69, 9.17) is 11.6 Å². The molecule has 1 N–H and O–H groups in total. The van der Waals surface area contributed by atoms with Crippen molar-refractivity contribution in [1.82, 2.24) is 4.98 Å². The van der Waals surface area contributed by atoms with Crippen molar-refractivity contribution in [3.8, 4) is 0 Å². The van der Waals surface area contributed by atoms with Gasteiger partial charge >= 0.3 is 0 Å². The summed E-state index contributed by atoms with van der Waals surface area (Å²) in [6.07, 6.45) is 6.28. The Balaban J connectivity index is 1.86. The fourth-order valence-electron chi connectivity index (χ4n) is 2.47. The summed E-state index contributed by atoms with van der Waals surface area (Å²) in [5.74, 6) is 2.41. The molecule has 1 heterocycles. The third-order valence-electron chi connectivity index (χ3n) is 3.54. The molecule has 0 amide bonds. The molecule has 2 rings (SSSR count). The lowest BCUT2D eigenvalue weighted by Gasteiger charge is -2.30. The minimum atomic E-state index is -0.299. The van der Waals surface area contributed by atoms with Crippen LogP contribution in [0.5, 0.6) is 0 Å². The maximum Gasteiger partial charge on any atom is 0.141 e. The number of nitrogens with zero attached hydrogens (tertiary/aromatic N) is 1. The smallest absolute Gasteiger partial charge is 0.141 e. The fraction of sp³-hybridized carbons (Fsp3) is 0.615. The van der Waals surface area contributed by atoms with Crippen LogP contribution in [0.2, 0.25) is 0 Å². The van der Waals surface area contributed by atoms with Crippen LogP contribution in [0.4, 0.5) is 10.2 Å². The minimum Gasteiger partial charge on any atom is -0.370 e. The first-order valence-electron chi connectivity index (χ1n) is 6.21. The van der Waals surface area contributed by atoms with Gasteiger partial charge < -0.3 is 5.32 Å². The molecule has 17 heavy (non-hydrogen) atoms. The Morgan fingerprint density at radius 3 is 2.71 bits per heavy atom. The van der Waals surface area contributed by atoms with Crippen LogP contribution in [-0.4, -0.2) is 17.4 Å². The number of pyridine rings is 1. The zero-order chi connectivity index (χ0) is 12.1. The van der Waals surface area contributed by atoms with E-state index < -0.39 is 0 Å². The van der Waals surface area contributed by atoms with E-state index in [9.17, 15) is 4.39 Å². The third kappa shape index (κ3) is 3.56. The predicted octanol–water partition coefficient (Wildman–Crippen LogP) is 3.68. The van der Waals surface area contributed by atoms with Crippen molar-refractivity contribution in [3.63, 3.8) is 0 Å². The molecular formula is C13H18ClFN2. The number of anilines is 1. The van der Waals surface area contributed by atoms with Gasteiger partial charge in [-0.1, -0.05) is 12.8 Å². The number of hydrogen-bond donors (Lipinski definition) is 1. The summed E-state index contributed by atoms with van der Waals surface area (Å²) in [6, 6.07) is 3.10. The molecular weight excluding hydrogens is 239 g/mol. The Labute approximate surface area is 107 Å². The molecule has 4 heteroatoms. The zero-order valence-electron chi connectivity index (χ0n) is 9.83. The summed E-state index contributed by atoms with van der Waals surface area (Å²) >= 11 is 5.98. The summed E-state index contributed by atoms with van der Waals surface area (Å²) in [5, 5.41) is 3.27. The number of hydrogen-bond acceptors (Lipinski definition) is 2. The average molecular weight is 257 g/mol. The molecule has 1 aromatic rings. The van der Waals surface area contributed by atoms with Gasteiger partial charge in [-0.15, -0.1) is 11.6 Å². The molecule has 0 radical (unpaired) electrons. The molecule has 1 fully saturated rings. The van der Waals surface area contributed by atoms with Crippen LogP contribution in [0.15, 0.2) is 18.3 Å². The Hall–Kier alpha value is -0.830. The second-order valence-corrected chi connectivity index (χ2v) is 5.01. The van der Waals surface area contributed by atoms with Gasteiger partial charge in [0.05, 0.1) is 6.20 Å². The molecule has 0 bridgehead atoms. The lowest BCUT2D eigenvalue weighted by Crippen LogP contribution is -2.27. The fourth-order valence-corrected chi connectivity index (χ4v) is 2.88. The summed E-state index contributed by atoms with van der Waals surface area (Å²) in [5.41, 5.74) is 0. The van der Waals surface area contributed by atoms with Gasteiger partial charge in [-0.05, 0) is 36.8 Å². The topological polar surface area (TPSA) is 24.9 Å². The van der Waals surface area contributed by atoms with Crippen LogP contribution in [-0.2, 0) is 0 Å². The lowest BCUT2D eigenvalue weighted by molar-refractivity contribution is 0.272. The highest BCUT2D eigenvalue weighted by Crippen LogP contribution is 2.30. The van der Waals surface area contributed by atoms with Crippen molar-refractivity contribution in [1.29, 1.82) is 0 Å². The van der Waals surface area contributed by atoms with E-state index in [2.05, 4.69) is 10.3 Å². The quantitative estimate of drug-likeness (QED) is 0.832. The van der Waals surface area contributed by atoms with Crippen molar-refractivity contribution in [2.45, 2.75) is 25.7 Å². The standard InChI is InChI=1S/C13H18ClFN2/c14-7-10-3-1-2-4-11(10)8-16-13-6-5-12(15)9-17-13/h5-6,9-11H,1-4,7-8H2,(H,16,17). The van der Waals surface area contributed by atoms with E-state index in [1.165, 1.54) is 37.9 Å². The predicted molar refractivity (Wildman–Crippen MR) is 68.9 cm³/mol. The molecule has 0 saturated heterocycles. The molecule has 2 atom stereocenters. The highest BCUT2D eigenvalue weighted by molar-refractivity contribution is 6.18. The Kier molecular flexibility index (Phi) is 4.60. The molecule has 1 aliphatic carbocycles. The zero-order valence-corrected chi connectivity index (χ0v) is 10.6. The molecule has 1 saturated carbocycles. The van der Waals surface area contributed by atoms with Crippen molar-refractivity contribution in [2.75, 3.05) is 17.7 Å². The SMILES string of the molecule is Fc1ccc(NCC2CCCCC2CCl)nc1. The summed E-state index contributed by atoms with van der Waals surface area (Å²) < 4.78 is 12.7. The number of rotatable bonds is 4. The Morgan fingerprint density at radius 1 is 1.29 bits per heavy atom. The van der Waals surface area contributed by atoms with Crippen LogP contribution in [0, 0.1) is 17.7 Å². The molecule has 0 spiro atoms. The first kappa shape index (κ1) is 12.6. The largest absolute Gasteiger partial charge is 0.370 e. The van der Waals surface area contributed by atoms with E-state index in [1.807, 2.05) is 0 Å². The molecule has 2 nitrogen and oxygen atoms in total. The average Bonchev–Trinajstić information content (AvgIpc) is 2.38. The summed E-state index contributed by atoms with van der Waals surface area (Å²) in [6.45, 7) is 0.885. The molecule has 1 aliphatic rings. The summed E-state index contributed by atoms with van der Waals surface area (Å²) in [4.78, 5) is 3.99. The second kappa shape index (κ2) is 6.20. The first-order valence-corrected chi connectivity index (χ1v) is 6.74. The number of alkyl halides is 1. The third-order valence-corrected chi connectivity index (χ3v) is 3.93. The highest BCUT2D eigenvalue weighted by atomic mass is 35.5. The van der Waals surface area contributed by atoms with E-state index in [0.29, 0.717) is 11.8 Å². The molecule has 2 unspecified atom stereocenters. The maximum atomic E-state index is 12.7. The van der Waals surface area contributed by atoms with Gasteiger partial charge in [0.2, 0.25) is 0 Å². The van der Waals surface area contributed by atoms with Crippen LogP contribution >= 0.6 is 11.6 Å². The number of aromatic nitrogens is 1. The van der Waals surface area contributed by atoms with Crippen LogP contribution in [0.1, 0.15) is 25.7 Å². The summed E-state index contributed by atoms with van der Waals surface area (Å²) in [7, 11) is 0. The van der Waals surface area contributed by atoms with E-state index in [0.717, 1.165) is 18.2 Å². The normalized spacial score (nSPS) is 24.6. The van der Waals surface area contributed by atoms with Gasteiger partial charge in [0, 0.05) is 12.4 Å². The van der Waals surface area contributed by atoms with Crippen molar-refractivity contribution < 1.29 is 4.39 Å².